The van der Waals surface area contributed by atoms with E-state index in [9.17, 15) is 4.79 Å². The van der Waals surface area contributed by atoms with E-state index in [-0.39, 0.29) is 12.0 Å². The van der Waals surface area contributed by atoms with Crippen molar-refractivity contribution in [2.45, 2.75) is 13.1 Å². The summed E-state index contributed by atoms with van der Waals surface area (Å²) in [5.74, 6) is 0.209. The Morgan fingerprint density at radius 3 is 2.86 bits per heavy atom. The lowest BCUT2D eigenvalue weighted by molar-refractivity contribution is 0.212. The molecule has 3 rings (SSSR count). The number of rotatable bonds is 1. The molecule has 2 aromatic rings. The first-order valence-electron chi connectivity index (χ1n) is 6.14. The predicted molar refractivity (Wildman–Crippen MR) is 81.2 cm³/mol. The normalized spacial score (nSPS) is 13.1. The number of halogens is 2. The number of urea groups is 1. The zero-order chi connectivity index (χ0) is 15.0. The van der Waals surface area contributed by atoms with Crippen LogP contribution in [0.25, 0.3) is 0 Å². The summed E-state index contributed by atoms with van der Waals surface area (Å²) >= 11 is 11.8. The first kappa shape index (κ1) is 13.9. The number of benzene rings is 1. The topological polar surface area (TPSA) is 84.1 Å². The second kappa shape index (κ2) is 5.38. The average molecular weight is 324 g/mol. The van der Waals surface area contributed by atoms with Crippen molar-refractivity contribution in [1.82, 2.24) is 14.9 Å². The fourth-order valence-corrected chi connectivity index (χ4v) is 2.39. The molecule has 21 heavy (non-hydrogen) atoms. The maximum Gasteiger partial charge on any atom is 0.322 e. The minimum absolute atomic E-state index is 0.209. The van der Waals surface area contributed by atoms with Crippen molar-refractivity contribution in [3.63, 3.8) is 0 Å². The molecule has 3 N–H and O–H groups in total. The van der Waals surface area contributed by atoms with E-state index in [1.165, 1.54) is 0 Å². The average Bonchev–Trinajstić information content (AvgIpc) is 2.86. The second-order valence-electron chi connectivity index (χ2n) is 4.62. The molecule has 1 aliphatic heterocycles. The number of nitrogen functional groups attached to an aromatic ring is 1. The number of nitrogens with one attached hydrogen (secondary N) is 1. The fourth-order valence-electron chi connectivity index (χ4n) is 2.09. The highest BCUT2D eigenvalue weighted by atomic mass is 35.5. The van der Waals surface area contributed by atoms with Crippen LogP contribution < -0.4 is 11.1 Å². The van der Waals surface area contributed by atoms with Crippen molar-refractivity contribution < 1.29 is 4.79 Å². The van der Waals surface area contributed by atoms with Crippen LogP contribution in [-0.2, 0) is 13.1 Å². The molecule has 2 heterocycles. The highest BCUT2D eigenvalue weighted by molar-refractivity contribution is 6.42. The summed E-state index contributed by atoms with van der Waals surface area (Å²) in [6, 6.07) is 4.67. The molecule has 8 heteroatoms. The van der Waals surface area contributed by atoms with Crippen molar-refractivity contribution in [1.29, 1.82) is 0 Å². The Hall–Kier alpha value is -2.05. The Balaban J connectivity index is 1.71. The third-order valence-corrected chi connectivity index (χ3v) is 3.87. The fraction of sp³-hybridized carbons (Fsp3) is 0.154. The van der Waals surface area contributed by atoms with Crippen LogP contribution in [0.2, 0.25) is 10.0 Å². The molecule has 1 aromatic heterocycles. The van der Waals surface area contributed by atoms with E-state index in [1.807, 2.05) is 0 Å². The van der Waals surface area contributed by atoms with Gasteiger partial charge in [-0.15, -0.1) is 0 Å². The molecule has 0 saturated heterocycles. The van der Waals surface area contributed by atoms with E-state index in [4.69, 9.17) is 28.9 Å². The molecule has 0 spiro atoms. The van der Waals surface area contributed by atoms with E-state index in [2.05, 4.69) is 15.3 Å². The van der Waals surface area contributed by atoms with Crippen molar-refractivity contribution in [3.05, 3.63) is 45.7 Å². The van der Waals surface area contributed by atoms with E-state index >= 15 is 0 Å². The summed E-state index contributed by atoms with van der Waals surface area (Å²) < 4.78 is 0. The number of fused-ring (bicyclic) bond motifs is 1. The highest BCUT2D eigenvalue weighted by Gasteiger charge is 2.25. The maximum atomic E-state index is 12.2. The van der Waals surface area contributed by atoms with Crippen LogP contribution in [0.15, 0.2) is 24.4 Å². The summed E-state index contributed by atoms with van der Waals surface area (Å²) in [5, 5.41) is 3.59. The number of amides is 2. The molecule has 6 nitrogen and oxygen atoms in total. The molecule has 0 radical (unpaired) electrons. The van der Waals surface area contributed by atoms with Gasteiger partial charge in [0.2, 0.25) is 5.95 Å². The molecule has 0 fully saturated rings. The van der Waals surface area contributed by atoms with Gasteiger partial charge in [0.1, 0.15) is 0 Å². The van der Waals surface area contributed by atoms with Crippen molar-refractivity contribution in [2.24, 2.45) is 0 Å². The van der Waals surface area contributed by atoms with Gasteiger partial charge in [-0.05, 0) is 18.2 Å². The molecule has 1 aliphatic rings. The summed E-state index contributed by atoms with van der Waals surface area (Å²) in [6.45, 7) is 0.845. The van der Waals surface area contributed by atoms with E-state index in [0.717, 1.165) is 11.3 Å². The van der Waals surface area contributed by atoms with Gasteiger partial charge in [0.25, 0.3) is 0 Å². The number of hydrogen-bond donors (Lipinski definition) is 2. The molecular weight excluding hydrogens is 313 g/mol. The van der Waals surface area contributed by atoms with Crippen molar-refractivity contribution in [3.8, 4) is 0 Å². The maximum absolute atomic E-state index is 12.2. The monoisotopic (exact) mass is 323 g/mol. The Morgan fingerprint density at radius 2 is 2.10 bits per heavy atom. The van der Waals surface area contributed by atoms with Gasteiger partial charge in [0.15, 0.2) is 0 Å². The minimum Gasteiger partial charge on any atom is -0.368 e. The second-order valence-corrected chi connectivity index (χ2v) is 5.43. The Morgan fingerprint density at radius 1 is 1.29 bits per heavy atom. The van der Waals surface area contributed by atoms with Crippen LogP contribution in [0.5, 0.6) is 0 Å². The molecule has 0 aliphatic carbocycles. The largest absolute Gasteiger partial charge is 0.368 e. The summed E-state index contributed by atoms with van der Waals surface area (Å²) in [6.07, 6.45) is 1.64. The van der Waals surface area contributed by atoms with Gasteiger partial charge in [-0.1, -0.05) is 23.2 Å². The zero-order valence-corrected chi connectivity index (χ0v) is 12.3. The highest BCUT2D eigenvalue weighted by Crippen LogP contribution is 2.26. The Bertz CT molecular complexity index is 722. The Kier molecular flexibility index (Phi) is 3.57. The van der Waals surface area contributed by atoms with Crippen molar-refractivity contribution in [2.75, 3.05) is 11.1 Å². The van der Waals surface area contributed by atoms with Gasteiger partial charge in [-0.25, -0.2) is 14.8 Å². The molecule has 108 valence electrons. The van der Waals surface area contributed by atoms with E-state index in [1.54, 1.807) is 29.3 Å². The molecule has 1 aromatic carbocycles. The van der Waals surface area contributed by atoms with Gasteiger partial charge >= 0.3 is 6.03 Å². The van der Waals surface area contributed by atoms with Crippen LogP contribution >= 0.6 is 23.2 Å². The lowest BCUT2D eigenvalue weighted by atomic mass is 10.3. The number of aromatic nitrogens is 2. The third kappa shape index (κ3) is 2.86. The lowest BCUT2D eigenvalue weighted by Crippen LogP contribution is -2.30. The summed E-state index contributed by atoms with van der Waals surface area (Å²) in [4.78, 5) is 21.9. The first-order chi connectivity index (χ1) is 10.0. The van der Waals surface area contributed by atoms with Crippen LogP contribution in [0.1, 0.15) is 11.3 Å². The number of nitrogens with zero attached hydrogens (tertiary/aromatic N) is 3. The zero-order valence-electron chi connectivity index (χ0n) is 10.8. The SMILES string of the molecule is Nc1ncc2c(n1)CN(C(=O)Nc1ccc(Cl)c(Cl)c1)C2. The molecule has 0 unspecified atom stereocenters. The Labute approximate surface area is 130 Å². The van der Waals surface area contributed by atoms with Crippen LogP contribution in [-0.4, -0.2) is 20.9 Å². The minimum atomic E-state index is -0.245. The quantitative estimate of drug-likeness (QED) is 0.845. The van der Waals surface area contributed by atoms with Gasteiger partial charge in [-0.2, -0.15) is 0 Å². The first-order valence-corrected chi connectivity index (χ1v) is 6.90. The molecule has 0 bridgehead atoms. The van der Waals surface area contributed by atoms with Gasteiger partial charge in [0.05, 0.1) is 28.8 Å². The molecular formula is C13H11Cl2N5O. The van der Waals surface area contributed by atoms with E-state index in [0.29, 0.717) is 28.8 Å². The standard InChI is InChI=1S/C13H11Cl2N5O/c14-9-2-1-8(3-10(9)15)18-13(21)20-5-7-4-17-12(16)19-11(7)6-20/h1-4H,5-6H2,(H,18,21)(H2,16,17,19). The van der Waals surface area contributed by atoms with Gasteiger partial charge in [-0.3, -0.25) is 0 Å². The lowest BCUT2D eigenvalue weighted by Gasteiger charge is -2.16. The third-order valence-electron chi connectivity index (χ3n) is 3.13. The summed E-state index contributed by atoms with van der Waals surface area (Å²) in [7, 11) is 0. The molecule has 0 saturated carbocycles. The van der Waals surface area contributed by atoms with Crippen molar-refractivity contribution >= 4 is 40.9 Å². The molecule has 2 amide bonds. The van der Waals surface area contributed by atoms with Crippen LogP contribution in [0, 0.1) is 0 Å². The number of carbonyl (C=O) groups is 1. The van der Waals surface area contributed by atoms with Gasteiger partial charge in [0, 0.05) is 17.4 Å². The van der Waals surface area contributed by atoms with Crippen LogP contribution in [0.4, 0.5) is 16.4 Å². The summed E-state index contributed by atoms with van der Waals surface area (Å²) in [5.41, 5.74) is 7.78. The molecule has 0 atom stereocenters. The van der Waals surface area contributed by atoms with Gasteiger partial charge < -0.3 is 16.0 Å². The number of hydrogen-bond acceptors (Lipinski definition) is 4. The number of anilines is 2. The predicted octanol–water partition coefficient (Wildman–Crippen LogP) is 2.91. The number of nitrogens with two attached hydrogens (primary N) is 1. The number of carbonyl (C=O) groups excluding carboxylic acids is 1. The smallest absolute Gasteiger partial charge is 0.322 e. The van der Waals surface area contributed by atoms with E-state index < -0.39 is 0 Å². The van der Waals surface area contributed by atoms with Crippen LogP contribution in [0.3, 0.4) is 0 Å².